The highest BCUT2D eigenvalue weighted by molar-refractivity contribution is 9.10. The van der Waals surface area contributed by atoms with E-state index in [2.05, 4.69) is 22.9 Å². The zero-order valence-electron chi connectivity index (χ0n) is 10.1. The Kier molecular flexibility index (Phi) is 3.43. The Hall–Kier alpha value is -1.03. The number of amides is 1. The maximum Gasteiger partial charge on any atom is 0.255 e. The molecule has 3 nitrogen and oxygen atoms in total. The van der Waals surface area contributed by atoms with Crippen LogP contribution in [0, 0.1) is 5.92 Å². The number of nitrogen functional groups attached to an aromatic ring is 1. The van der Waals surface area contributed by atoms with Crippen molar-refractivity contribution in [2.24, 2.45) is 5.92 Å². The lowest BCUT2D eigenvalue weighted by molar-refractivity contribution is 0.0728. The molecule has 0 aromatic heterocycles. The van der Waals surface area contributed by atoms with Crippen molar-refractivity contribution >= 4 is 27.5 Å². The molecule has 0 aliphatic heterocycles. The van der Waals surface area contributed by atoms with Crippen LogP contribution in [0.25, 0.3) is 0 Å². The lowest BCUT2D eigenvalue weighted by Gasteiger charge is -2.25. The molecule has 2 rings (SSSR count). The second-order valence-electron chi connectivity index (χ2n) is 4.73. The molecule has 1 aromatic carbocycles. The lowest BCUT2D eigenvalue weighted by atomic mass is 10.1. The first-order valence-electron chi connectivity index (χ1n) is 5.83. The SMILES string of the molecule is CC(C1CC1)N(C)C(=O)c1ccc(Br)cc1N. The van der Waals surface area contributed by atoms with Gasteiger partial charge in [-0.15, -0.1) is 0 Å². The number of carbonyl (C=O) groups is 1. The van der Waals surface area contributed by atoms with Crippen LogP contribution in [0.1, 0.15) is 30.1 Å². The summed E-state index contributed by atoms with van der Waals surface area (Å²) < 4.78 is 0.893. The highest BCUT2D eigenvalue weighted by Crippen LogP contribution is 2.35. The van der Waals surface area contributed by atoms with Gasteiger partial charge in [0.1, 0.15) is 0 Å². The van der Waals surface area contributed by atoms with Gasteiger partial charge in [0.25, 0.3) is 5.91 Å². The van der Waals surface area contributed by atoms with Gasteiger partial charge in [0.15, 0.2) is 0 Å². The first-order chi connectivity index (χ1) is 8.00. The Bertz CT molecular complexity index is 443. The topological polar surface area (TPSA) is 46.3 Å². The largest absolute Gasteiger partial charge is 0.398 e. The van der Waals surface area contributed by atoms with Crippen molar-refractivity contribution in [3.8, 4) is 0 Å². The van der Waals surface area contributed by atoms with E-state index < -0.39 is 0 Å². The Morgan fingerprint density at radius 2 is 2.18 bits per heavy atom. The van der Waals surface area contributed by atoms with Crippen molar-refractivity contribution in [1.29, 1.82) is 0 Å². The molecule has 1 aliphatic rings. The van der Waals surface area contributed by atoms with Gasteiger partial charge in [-0.1, -0.05) is 15.9 Å². The average molecular weight is 297 g/mol. The summed E-state index contributed by atoms with van der Waals surface area (Å²) in [5.41, 5.74) is 6.99. The number of anilines is 1. The molecule has 1 fully saturated rings. The number of benzene rings is 1. The molecular weight excluding hydrogens is 280 g/mol. The van der Waals surface area contributed by atoms with Crippen molar-refractivity contribution in [1.82, 2.24) is 4.90 Å². The van der Waals surface area contributed by atoms with Crippen LogP contribution < -0.4 is 5.73 Å². The predicted molar refractivity (Wildman–Crippen MR) is 72.8 cm³/mol. The Morgan fingerprint density at radius 3 is 2.71 bits per heavy atom. The fourth-order valence-corrected chi connectivity index (χ4v) is 2.38. The van der Waals surface area contributed by atoms with Crippen molar-refractivity contribution in [3.63, 3.8) is 0 Å². The number of hydrogen-bond donors (Lipinski definition) is 1. The van der Waals surface area contributed by atoms with Crippen molar-refractivity contribution < 1.29 is 4.79 Å². The summed E-state index contributed by atoms with van der Waals surface area (Å²) in [4.78, 5) is 14.1. The normalized spacial score (nSPS) is 16.6. The van der Waals surface area contributed by atoms with E-state index in [0.717, 1.165) is 4.47 Å². The summed E-state index contributed by atoms with van der Waals surface area (Å²) in [5, 5.41) is 0. The number of hydrogen-bond acceptors (Lipinski definition) is 2. The zero-order chi connectivity index (χ0) is 12.6. The van der Waals surface area contributed by atoms with Crippen LogP contribution in [0.5, 0.6) is 0 Å². The van der Waals surface area contributed by atoms with Crippen LogP contribution in [0.4, 0.5) is 5.69 Å². The molecule has 1 amide bonds. The molecule has 1 unspecified atom stereocenters. The highest BCUT2D eigenvalue weighted by Gasteiger charge is 2.33. The number of nitrogens with two attached hydrogens (primary N) is 1. The van der Waals surface area contributed by atoms with Crippen LogP contribution in [-0.2, 0) is 0 Å². The number of halogens is 1. The molecule has 1 aromatic rings. The fraction of sp³-hybridized carbons (Fsp3) is 0.462. The van der Waals surface area contributed by atoms with E-state index in [0.29, 0.717) is 23.2 Å². The van der Waals surface area contributed by atoms with E-state index in [1.807, 2.05) is 13.1 Å². The molecule has 2 N–H and O–H groups in total. The highest BCUT2D eigenvalue weighted by atomic mass is 79.9. The van der Waals surface area contributed by atoms with E-state index in [1.165, 1.54) is 12.8 Å². The number of rotatable bonds is 3. The van der Waals surface area contributed by atoms with Gasteiger partial charge in [-0.2, -0.15) is 0 Å². The van der Waals surface area contributed by atoms with Crippen LogP contribution in [0.15, 0.2) is 22.7 Å². The second kappa shape index (κ2) is 4.69. The monoisotopic (exact) mass is 296 g/mol. The summed E-state index contributed by atoms with van der Waals surface area (Å²) in [6.07, 6.45) is 2.46. The minimum atomic E-state index is 0.00870. The van der Waals surface area contributed by atoms with E-state index >= 15 is 0 Å². The molecular formula is C13H17BrN2O. The number of carbonyl (C=O) groups excluding carboxylic acids is 1. The van der Waals surface area contributed by atoms with Gasteiger partial charge >= 0.3 is 0 Å². The third kappa shape index (κ3) is 2.63. The maximum atomic E-state index is 12.3. The Labute approximate surface area is 110 Å². The fourth-order valence-electron chi connectivity index (χ4n) is 2.00. The number of nitrogens with zero attached hydrogens (tertiary/aromatic N) is 1. The minimum Gasteiger partial charge on any atom is -0.398 e. The van der Waals surface area contributed by atoms with Gasteiger partial charge in [-0.25, -0.2) is 0 Å². The molecule has 0 bridgehead atoms. The molecule has 0 heterocycles. The minimum absolute atomic E-state index is 0.00870. The quantitative estimate of drug-likeness (QED) is 0.872. The second-order valence-corrected chi connectivity index (χ2v) is 5.64. The van der Waals surface area contributed by atoms with E-state index in [4.69, 9.17) is 5.73 Å². The molecule has 92 valence electrons. The molecule has 4 heteroatoms. The molecule has 0 saturated heterocycles. The van der Waals surface area contributed by atoms with E-state index in [9.17, 15) is 4.79 Å². The summed E-state index contributed by atoms with van der Waals surface area (Å²) in [5.74, 6) is 0.676. The summed E-state index contributed by atoms with van der Waals surface area (Å²) in [6, 6.07) is 5.69. The van der Waals surface area contributed by atoms with Crippen LogP contribution in [-0.4, -0.2) is 23.9 Å². The first kappa shape index (κ1) is 12.4. The predicted octanol–water partition coefficient (Wildman–Crippen LogP) is 2.90. The molecule has 1 atom stereocenters. The zero-order valence-corrected chi connectivity index (χ0v) is 11.7. The molecule has 1 aliphatic carbocycles. The first-order valence-corrected chi connectivity index (χ1v) is 6.62. The smallest absolute Gasteiger partial charge is 0.255 e. The van der Waals surface area contributed by atoms with Crippen molar-refractivity contribution in [3.05, 3.63) is 28.2 Å². The van der Waals surface area contributed by atoms with Gasteiger partial charge in [-0.3, -0.25) is 4.79 Å². The van der Waals surface area contributed by atoms with Crippen molar-refractivity contribution in [2.45, 2.75) is 25.8 Å². The van der Waals surface area contributed by atoms with Gasteiger partial charge in [0, 0.05) is 23.2 Å². The van der Waals surface area contributed by atoms with E-state index in [-0.39, 0.29) is 5.91 Å². The third-order valence-electron chi connectivity index (χ3n) is 3.48. The van der Waals surface area contributed by atoms with Gasteiger partial charge in [0.05, 0.1) is 5.56 Å². The van der Waals surface area contributed by atoms with Crippen molar-refractivity contribution in [2.75, 3.05) is 12.8 Å². The standard InChI is InChI=1S/C13H17BrN2O/c1-8(9-3-4-9)16(2)13(17)11-6-5-10(14)7-12(11)15/h5-9H,3-4,15H2,1-2H3. The molecule has 1 saturated carbocycles. The Morgan fingerprint density at radius 1 is 1.53 bits per heavy atom. The summed E-state index contributed by atoms with van der Waals surface area (Å²) in [6.45, 7) is 2.10. The van der Waals surface area contributed by atoms with E-state index in [1.54, 1.807) is 17.0 Å². The van der Waals surface area contributed by atoms with Crippen LogP contribution in [0.2, 0.25) is 0 Å². The Balaban J connectivity index is 2.18. The molecule has 0 spiro atoms. The van der Waals surface area contributed by atoms with Crippen LogP contribution >= 0.6 is 15.9 Å². The average Bonchev–Trinajstić information content (AvgIpc) is 3.10. The van der Waals surface area contributed by atoms with Gasteiger partial charge < -0.3 is 10.6 Å². The third-order valence-corrected chi connectivity index (χ3v) is 3.97. The summed E-state index contributed by atoms with van der Waals surface area (Å²) in [7, 11) is 1.85. The van der Waals surface area contributed by atoms with Gasteiger partial charge in [-0.05, 0) is 43.9 Å². The summed E-state index contributed by atoms with van der Waals surface area (Å²) >= 11 is 3.34. The van der Waals surface area contributed by atoms with Crippen LogP contribution in [0.3, 0.4) is 0 Å². The molecule has 17 heavy (non-hydrogen) atoms. The maximum absolute atomic E-state index is 12.3. The molecule has 0 radical (unpaired) electrons. The lowest BCUT2D eigenvalue weighted by Crippen LogP contribution is -2.36. The van der Waals surface area contributed by atoms with Gasteiger partial charge in [0.2, 0.25) is 0 Å².